The summed E-state index contributed by atoms with van der Waals surface area (Å²) in [6, 6.07) is 14.3. The molecule has 2 aromatic carbocycles. The van der Waals surface area contributed by atoms with Crippen LogP contribution in [-0.4, -0.2) is 4.98 Å². The Labute approximate surface area is 131 Å². The van der Waals surface area contributed by atoms with Crippen molar-refractivity contribution < 1.29 is 0 Å². The molecule has 0 bridgehead atoms. The lowest BCUT2D eigenvalue weighted by molar-refractivity contribution is 1.06. The van der Waals surface area contributed by atoms with Crippen molar-refractivity contribution >= 4 is 23.4 Å². The van der Waals surface area contributed by atoms with E-state index in [0.29, 0.717) is 0 Å². The van der Waals surface area contributed by atoms with Crippen molar-refractivity contribution in [3.05, 3.63) is 91.5 Å². The zero-order chi connectivity index (χ0) is 14.7. The van der Waals surface area contributed by atoms with Gasteiger partial charge in [-0.25, -0.2) is 4.99 Å². The van der Waals surface area contributed by atoms with E-state index in [1.165, 1.54) is 16.3 Å². The van der Waals surface area contributed by atoms with E-state index < -0.39 is 0 Å². The number of hydrogen-bond donors (Lipinski definition) is 0. The summed E-state index contributed by atoms with van der Waals surface area (Å²) in [5.41, 5.74) is 4.72. The van der Waals surface area contributed by atoms with E-state index in [1.54, 1.807) is 0 Å². The highest BCUT2D eigenvalue weighted by atomic mass is 35.5. The Hall–Kier alpha value is -2.45. The molecule has 0 saturated carbocycles. The molecule has 2 aliphatic rings. The SMILES string of the molecule is Clc1ccc2c(c1)C=c1ncc3c(c1C2)N=c1ccccc1=3. The maximum atomic E-state index is 6.10. The molecule has 2 nitrogen and oxygen atoms in total. The second kappa shape index (κ2) is 4.28. The Morgan fingerprint density at radius 1 is 1.00 bits per heavy atom. The van der Waals surface area contributed by atoms with Gasteiger partial charge in [-0.2, -0.15) is 0 Å². The van der Waals surface area contributed by atoms with Crippen LogP contribution in [0.3, 0.4) is 0 Å². The van der Waals surface area contributed by atoms with Gasteiger partial charge in [0.25, 0.3) is 0 Å². The van der Waals surface area contributed by atoms with Gasteiger partial charge in [0.1, 0.15) is 0 Å². The third-order valence-electron chi connectivity index (χ3n) is 4.38. The smallest absolute Gasteiger partial charge is 0.0788 e. The van der Waals surface area contributed by atoms with E-state index in [4.69, 9.17) is 16.6 Å². The largest absolute Gasteiger partial charge is 0.256 e. The Morgan fingerprint density at radius 3 is 2.86 bits per heavy atom. The highest BCUT2D eigenvalue weighted by Gasteiger charge is 2.17. The molecule has 0 amide bonds. The van der Waals surface area contributed by atoms with Gasteiger partial charge in [0.2, 0.25) is 0 Å². The molecule has 1 aliphatic carbocycles. The lowest BCUT2D eigenvalue weighted by atomic mass is 9.93. The number of rotatable bonds is 0. The van der Waals surface area contributed by atoms with Crippen LogP contribution >= 0.6 is 11.6 Å². The summed E-state index contributed by atoms with van der Waals surface area (Å²) in [5.74, 6) is 0. The summed E-state index contributed by atoms with van der Waals surface area (Å²) in [4.78, 5) is 9.49. The van der Waals surface area contributed by atoms with Crippen molar-refractivity contribution in [1.29, 1.82) is 0 Å². The summed E-state index contributed by atoms with van der Waals surface area (Å²) in [6.07, 6.45) is 4.90. The first kappa shape index (κ1) is 12.1. The van der Waals surface area contributed by atoms with Crippen LogP contribution in [0.5, 0.6) is 0 Å². The van der Waals surface area contributed by atoms with Crippen molar-refractivity contribution in [3.8, 4) is 0 Å². The summed E-state index contributed by atoms with van der Waals surface area (Å²) < 4.78 is 0. The Balaban J connectivity index is 1.89. The summed E-state index contributed by atoms with van der Waals surface area (Å²) in [6.45, 7) is 0. The molecule has 1 aromatic heterocycles. The number of nitrogens with zero attached hydrogens (tertiary/aromatic N) is 2. The Kier molecular flexibility index (Phi) is 2.36. The minimum atomic E-state index is 0.761. The molecule has 2 heterocycles. The van der Waals surface area contributed by atoms with Gasteiger partial charge in [-0.05, 0) is 35.4 Å². The van der Waals surface area contributed by atoms with Crippen LogP contribution < -0.4 is 10.7 Å². The van der Waals surface area contributed by atoms with Gasteiger partial charge in [-0.3, -0.25) is 4.98 Å². The van der Waals surface area contributed by atoms with Gasteiger partial charge in [-0.15, -0.1) is 0 Å². The van der Waals surface area contributed by atoms with E-state index >= 15 is 0 Å². The molecule has 0 saturated heterocycles. The molecule has 0 fully saturated rings. The standard InChI is InChI=1S/C19H11ClN2/c20-13-6-5-11-8-15-18(9-12(11)7-13)21-10-16-14-3-1-2-4-17(14)22-19(15)16/h1-7,9-10H,8H2. The molecule has 0 N–H and O–H groups in total. The summed E-state index contributed by atoms with van der Waals surface area (Å²) >= 11 is 6.10. The lowest BCUT2D eigenvalue weighted by Gasteiger charge is -2.14. The normalized spacial score (nSPS) is 13.3. The zero-order valence-corrected chi connectivity index (χ0v) is 12.4. The molecule has 1 aliphatic heterocycles. The fourth-order valence-corrected chi connectivity index (χ4v) is 3.48. The average molecular weight is 303 g/mol. The molecule has 0 spiro atoms. The van der Waals surface area contributed by atoms with Gasteiger partial charge in [0.05, 0.1) is 16.4 Å². The van der Waals surface area contributed by atoms with Crippen LogP contribution in [0.4, 0.5) is 5.69 Å². The number of para-hydroxylation sites is 1. The zero-order valence-electron chi connectivity index (χ0n) is 11.7. The quantitative estimate of drug-likeness (QED) is 0.432. The first-order valence-corrected chi connectivity index (χ1v) is 7.63. The van der Waals surface area contributed by atoms with Crippen molar-refractivity contribution in [2.45, 2.75) is 6.42 Å². The molecule has 104 valence electrons. The first-order valence-electron chi connectivity index (χ1n) is 7.26. The van der Waals surface area contributed by atoms with Crippen LogP contribution in [0.1, 0.15) is 16.7 Å². The molecule has 22 heavy (non-hydrogen) atoms. The van der Waals surface area contributed by atoms with Crippen LogP contribution in [0.15, 0.2) is 53.7 Å². The van der Waals surface area contributed by atoms with Gasteiger partial charge in [0, 0.05) is 33.6 Å². The topological polar surface area (TPSA) is 25.2 Å². The number of fused-ring (bicyclic) bond motifs is 5. The van der Waals surface area contributed by atoms with E-state index in [2.05, 4.69) is 29.3 Å². The molecule has 5 rings (SSSR count). The van der Waals surface area contributed by atoms with Gasteiger partial charge < -0.3 is 0 Å². The van der Waals surface area contributed by atoms with Crippen molar-refractivity contribution in [2.75, 3.05) is 0 Å². The lowest BCUT2D eigenvalue weighted by Crippen LogP contribution is -2.19. The molecular formula is C19H11ClN2. The first-order chi connectivity index (χ1) is 10.8. The van der Waals surface area contributed by atoms with Crippen LogP contribution in [0, 0.1) is 10.4 Å². The van der Waals surface area contributed by atoms with Gasteiger partial charge in [0.15, 0.2) is 0 Å². The summed E-state index contributed by atoms with van der Waals surface area (Å²) in [7, 11) is 0. The molecule has 0 radical (unpaired) electrons. The third kappa shape index (κ3) is 1.62. The second-order valence-electron chi connectivity index (χ2n) is 5.68. The predicted octanol–water partition coefficient (Wildman–Crippen LogP) is 3.02. The number of hydrogen-bond acceptors (Lipinski definition) is 2. The van der Waals surface area contributed by atoms with Crippen LogP contribution in [0.2, 0.25) is 5.02 Å². The number of benzene rings is 2. The maximum Gasteiger partial charge on any atom is 0.0788 e. The van der Waals surface area contributed by atoms with E-state index in [-0.39, 0.29) is 0 Å². The highest BCUT2D eigenvalue weighted by Crippen LogP contribution is 2.28. The van der Waals surface area contributed by atoms with E-state index in [1.807, 2.05) is 30.5 Å². The molecule has 3 aromatic rings. The maximum absolute atomic E-state index is 6.10. The second-order valence-corrected chi connectivity index (χ2v) is 6.11. The molecule has 0 atom stereocenters. The highest BCUT2D eigenvalue weighted by molar-refractivity contribution is 6.30. The van der Waals surface area contributed by atoms with Gasteiger partial charge in [-0.1, -0.05) is 35.9 Å². The third-order valence-corrected chi connectivity index (χ3v) is 4.61. The number of pyridine rings is 1. The van der Waals surface area contributed by atoms with Gasteiger partial charge >= 0.3 is 0 Å². The molecule has 0 unspecified atom stereocenters. The Morgan fingerprint density at radius 2 is 1.91 bits per heavy atom. The van der Waals surface area contributed by atoms with Crippen molar-refractivity contribution in [2.24, 2.45) is 4.99 Å². The fourth-order valence-electron chi connectivity index (χ4n) is 3.30. The van der Waals surface area contributed by atoms with Crippen molar-refractivity contribution in [1.82, 2.24) is 4.98 Å². The minimum absolute atomic E-state index is 0.761. The number of aromatic nitrogens is 1. The van der Waals surface area contributed by atoms with Crippen LogP contribution in [-0.2, 0) is 6.42 Å². The fraction of sp³-hybridized carbons (Fsp3) is 0.0526. The molecule has 3 heteroatoms. The number of halogens is 1. The Bertz CT molecular complexity index is 1160. The molecular weight excluding hydrogens is 292 g/mol. The van der Waals surface area contributed by atoms with Crippen LogP contribution in [0.25, 0.3) is 6.08 Å². The summed E-state index contributed by atoms with van der Waals surface area (Å²) in [5, 5.41) is 5.12. The van der Waals surface area contributed by atoms with E-state index in [9.17, 15) is 0 Å². The predicted molar refractivity (Wildman–Crippen MR) is 86.6 cm³/mol. The average Bonchev–Trinajstić information content (AvgIpc) is 2.92. The van der Waals surface area contributed by atoms with E-state index in [0.717, 1.165) is 38.6 Å². The monoisotopic (exact) mass is 302 g/mol. The van der Waals surface area contributed by atoms with Crippen molar-refractivity contribution in [3.63, 3.8) is 0 Å². The minimum Gasteiger partial charge on any atom is -0.256 e.